The average molecular weight is 806 g/mol. The van der Waals surface area contributed by atoms with Gasteiger partial charge >= 0.3 is 0 Å². The van der Waals surface area contributed by atoms with Gasteiger partial charge in [-0.3, -0.25) is 0 Å². The summed E-state index contributed by atoms with van der Waals surface area (Å²) in [5.74, 6) is 0. The molecule has 0 aliphatic heterocycles. The van der Waals surface area contributed by atoms with Gasteiger partial charge < -0.3 is 13.7 Å². The second-order valence-corrected chi connectivity index (χ2v) is 16.0. The zero-order valence-corrected chi connectivity index (χ0v) is 34.3. The summed E-state index contributed by atoms with van der Waals surface area (Å²) in [6, 6.07) is 83.8. The summed E-state index contributed by atoms with van der Waals surface area (Å²) < 4.78 is 13.6. The number of hydrogen-bond donors (Lipinski definition) is 0. The van der Waals surface area contributed by atoms with Crippen molar-refractivity contribution in [3.05, 3.63) is 237 Å². The molecule has 0 spiro atoms. The topological polar surface area (TPSA) is 29.5 Å². The summed E-state index contributed by atoms with van der Waals surface area (Å²) in [6.45, 7) is 0. The van der Waals surface area contributed by atoms with E-state index in [2.05, 4.69) is 229 Å². The zero-order chi connectivity index (χ0) is 41.7. The van der Waals surface area contributed by atoms with Crippen LogP contribution in [0.5, 0.6) is 0 Å². The molecule has 0 fully saturated rings. The number of para-hydroxylation sites is 1. The highest BCUT2D eigenvalue weighted by atomic mass is 16.3. The molecule has 0 bridgehead atoms. The lowest BCUT2D eigenvalue weighted by Gasteiger charge is -2.26. The Labute approximate surface area is 365 Å². The van der Waals surface area contributed by atoms with Gasteiger partial charge in [-0.05, 0) is 111 Å². The molecule has 2 aromatic heterocycles. The molecule has 12 aromatic rings. The molecular weight excluding hydrogens is 767 g/mol. The molecule has 0 radical (unpaired) electrons. The number of rotatable bonds is 8. The minimum atomic E-state index is 0.834. The Balaban J connectivity index is 0.958. The van der Waals surface area contributed by atoms with E-state index < -0.39 is 0 Å². The van der Waals surface area contributed by atoms with Gasteiger partial charge in [-0.25, -0.2) is 0 Å². The van der Waals surface area contributed by atoms with E-state index in [4.69, 9.17) is 8.83 Å². The fourth-order valence-electron chi connectivity index (χ4n) is 9.24. The normalized spacial score (nSPS) is 11.5. The first-order chi connectivity index (χ1) is 31.2. The van der Waals surface area contributed by atoms with Crippen molar-refractivity contribution in [2.45, 2.75) is 0 Å². The summed E-state index contributed by atoms with van der Waals surface area (Å²) in [5.41, 5.74) is 18.0. The van der Waals surface area contributed by atoms with Crippen LogP contribution < -0.4 is 4.90 Å². The second kappa shape index (κ2) is 15.3. The molecule has 0 amide bonds. The van der Waals surface area contributed by atoms with Crippen LogP contribution in [0.3, 0.4) is 0 Å². The van der Waals surface area contributed by atoms with Gasteiger partial charge in [-0.2, -0.15) is 0 Å². The fourth-order valence-corrected chi connectivity index (χ4v) is 9.24. The molecule has 0 saturated heterocycles. The number of furan rings is 2. The standard InChI is InChI=1S/C60H39NO2/c1-4-14-40(15-5-1)42-24-31-47(32-25-42)61(48-33-26-43(27-34-48)41-16-6-2-7-17-41)49-35-28-44(29-36-49)46-30-37-51-54-39-57-58(53-22-12-13-23-55(53)62-57)59(60(54)63-56(51)38-46)52-21-11-10-20-50(52)45-18-8-3-9-19-45/h1-39H. The Morgan fingerprint density at radius 2 is 0.730 bits per heavy atom. The lowest BCUT2D eigenvalue weighted by molar-refractivity contribution is 0.665. The Kier molecular flexibility index (Phi) is 8.83. The zero-order valence-electron chi connectivity index (χ0n) is 34.3. The predicted molar refractivity (Wildman–Crippen MR) is 263 cm³/mol. The van der Waals surface area contributed by atoms with Crippen molar-refractivity contribution in [3.8, 4) is 55.6 Å². The smallest absolute Gasteiger partial charge is 0.144 e. The van der Waals surface area contributed by atoms with Gasteiger partial charge in [-0.1, -0.05) is 176 Å². The van der Waals surface area contributed by atoms with E-state index in [1.807, 2.05) is 12.1 Å². The predicted octanol–water partition coefficient (Wildman–Crippen LogP) is 17.3. The monoisotopic (exact) mass is 805 g/mol. The van der Waals surface area contributed by atoms with E-state index in [0.717, 1.165) is 94.3 Å². The quantitative estimate of drug-likeness (QED) is 0.153. The number of fused-ring (bicyclic) bond motifs is 6. The molecule has 0 aliphatic carbocycles. The first kappa shape index (κ1) is 36.5. The van der Waals surface area contributed by atoms with Crippen LogP contribution >= 0.6 is 0 Å². The molecule has 3 nitrogen and oxygen atoms in total. The van der Waals surface area contributed by atoms with E-state index in [-0.39, 0.29) is 0 Å². The Hall–Kier alpha value is -8.40. The van der Waals surface area contributed by atoms with Crippen molar-refractivity contribution in [1.29, 1.82) is 0 Å². The number of hydrogen-bond acceptors (Lipinski definition) is 3. The van der Waals surface area contributed by atoms with Gasteiger partial charge in [-0.15, -0.1) is 0 Å². The second-order valence-electron chi connectivity index (χ2n) is 16.0. The Morgan fingerprint density at radius 3 is 1.32 bits per heavy atom. The van der Waals surface area contributed by atoms with Crippen LogP contribution in [0.1, 0.15) is 0 Å². The molecular formula is C60H39NO2. The summed E-state index contributed by atoms with van der Waals surface area (Å²) in [6.07, 6.45) is 0. The molecule has 10 aromatic carbocycles. The van der Waals surface area contributed by atoms with Crippen molar-refractivity contribution < 1.29 is 8.83 Å². The average Bonchev–Trinajstić information content (AvgIpc) is 3.92. The third-order valence-electron chi connectivity index (χ3n) is 12.3. The fraction of sp³-hybridized carbons (Fsp3) is 0. The van der Waals surface area contributed by atoms with Crippen molar-refractivity contribution in [1.82, 2.24) is 0 Å². The highest BCUT2D eigenvalue weighted by molar-refractivity contribution is 6.24. The largest absolute Gasteiger partial charge is 0.456 e. The third-order valence-corrected chi connectivity index (χ3v) is 12.3. The van der Waals surface area contributed by atoms with Gasteiger partial charge in [0.1, 0.15) is 22.3 Å². The van der Waals surface area contributed by atoms with E-state index in [9.17, 15) is 0 Å². The van der Waals surface area contributed by atoms with Crippen LogP contribution in [0, 0.1) is 0 Å². The lowest BCUT2D eigenvalue weighted by atomic mass is 9.90. The third kappa shape index (κ3) is 6.46. The van der Waals surface area contributed by atoms with E-state index in [1.165, 1.54) is 22.3 Å². The van der Waals surface area contributed by atoms with Crippen molar-refractivity contribution in [2.75, 3.05) is 4.90 Å². The molecule has 0 atom stereocenters. The molecule has 2 heterocycles. The molecule has 0 unspecified atom stereocenters. The molecule has 0 aliphatic rings. The molecule has 63 heavy (non-hydrogen) atoms. The number of nitrogens with zero attached hydrogens (tertiary/aromatic N) is 1. The summed E-state index contributed by atoms with van der Waals surface area (Å²) in [7, 11) is 0. The first-order valence-corrected chi connectivity index (χ1v) is 21.4. The maximum absolute atomic E-state index is 7.03. The van der Waals surface area contributed by atoms with Crippen molar-refractivity contribution in [3.63, 3.8) is 0 Å². The minimum Gasteiger partial charge on any atom is -0.456 e. The molecule has 12 rings (SSSR count). The molecule has 0 N–H and O–H groups in total. The summed E-state index contributed by atoms with van der Waals surface area (Å²) in [4.78, 5) is 2.32. The Morgan fingerprint density at radius 1 is 0.270 bits per heavy atom. The van der Waals surface area contributed by atoms with Crippen LogP contribution in [0.25, 0.3) is 99.5 Å². The molecule has 0 saturated carbocycles. The highest BCUT2D eigenvalue weighted by Gasteiger charge is 2.23. The molecule has 3 heteroatoms. The van der Waals surface area contributed by atoms with Crippen LogP contribution in [-0.2, 0) is 0 Å². The van der Waals surface area contributed by atoms with Gasteiger partial charge in [0.15, 0.2) is 0 Å². The van der Waals surface area contributed by atoms with Crippen LogP contribution in [0.15, 0.2) is 245 Å². The molecule has 296 valence electrons. The number of anilines is 3. The maximum Gasteiger partial charge on any atom is 0.144 e. The van der Waals surface area contributed by atoms with Gasteiger partial charge in [0.2, 0.25) is 0 Å². The summed E-state index contributed by atoms with van der Waals surface area (Å²) >= 11 is 0. The first-order valence-electron chi connectivity index (χ1n) is 21.4. The van der Waals surface area contributed by atoms with E-state index in [1.54, 1.807) is 0 Å². The van der Waals surface area contributed by atoms with E-state index in [0.29, 0.717) is 0 Å². The highest BCUT2D eigenvalue weighted by Crippen LogP contribution is 2.48. The minimum absolute atomic E-state index is 0.834. The maximum atomic E-state index is 7.03. The van der Waals surface area contributed by atoms with Crippen LogP contribution in [0.2, 0.25) is 0 Å². The van der Waals surface area contributed by atoms with Crippen LogP contribution in [-0.4, -0.2) is 0 Å². The van der Waals surface area contributed by atoms with Crippen molar-refractivity contribution >= 4 is 60.9 Å². The van der Waals surface area contributed by atoms with E-state index >= 15 is 0 Å². The Bertz CT molecular complexity index is 3490. The SMILES string of the molecule is c1ccc(-c2ccc(N(c3ccc(-c4ccccc4)cc3)c3ccc(-c4ccc5c(c4)oc4c(-c6ccccc6-c6ccccc6)c6c(cc45)oc4ccccc46)cc3)cc2)cc1. The van der Waals surface area contributed by atoms with Crippen LogP contribution in [0.4, 0.5) is 17.1 Å². The van der Waals surface area contributed by atoms with Crippen molar-refractivity contribution in [2.24, 2.45) is 0 Å². The number of benzene rings is 10. The van der Waals surface area contributed by atoms with Gasteiger partial charge in [0.05, 0.1) is 0 Å². The summed E-state index contributed by atoms with van der Waals surface area (Å²) in [5, 5.41) is 4.21. The van der Waals surface area contributed by atoms with Gasteiger partial charge in [0, 0.05) is 44.2 Å². The lowest BCUT2D eigenvalue weighted by Crippen LogP contribution is -2.09. The van der Waals surface area contributed by atoms with Gasteiger partial charge in [0.25, 0.3) is 0 Å².